The number of aromatic nitrogens is 4. The number of carbonyl (C=O) groups is 1. The number of rotatable bonds is 5. The van der Waals surface area contributed by atoms with Crippen LogP contribution >= 0.6 is 11.3 Å². The van der Waals surface area contributed by atoms with Gasteiger partial charge in [0.1, 0.15) is 11.3 Å². The maximum atomic E-state index is 12.6. The van der Waals surface area contributed by atoms with Crippen LogP contribution in [-0.4, -0.2) is 27.4 Å². The second-order valence-corrected chi connectivity index (χ2v) is 6.64. The molecule has 26 heavy (non-hydrogen) atoms. The maximum absolute atomic E-state index is 12.6. The van der Waals surface area contributed by atoms with Gasteiger partial charge in [0.2, 0.25) is 0 Å². The van der Waals surface area contributed by atoms with Gasteiger partial charge < -0.3 is 15.5 Å². The minimum absolute atomic E-state index is 0.215. The van der Waals surface area contributed by atoms with Crippen LogP contribution in [0.25, 0.3) is 21.9 Å². The molecule has 0 aromatic carbocycles. The van der Waals surface area contributed by atoms with Crippen LogP contribution in [0.4, 0.5) is 0 Å². The van der Waals surface area contributed by atoms with Gasteiger partial charge in [-0.2, -0.15) is 4.73 Å². The molecule has 0 bridgehead atoms. The average molecular weight is 365 g/mol. The molecule has 7 nitrogen and oxygen atoms in total. The average Bonchev–Trinajstić information content (AvgIpc) is 3.30. The van der Waals surface area contributed by atoms with E-state index in [1.165, 1.54) is 12.4 Å². The Kier molecular flexibility index (Phi) is 4.32. The van der Waals surface area contributed by atoms with Crippen LogP contribution in [0.2, 0.25) is 0 Å². The second kappa shape index (κ2) is 6.93. The SMILES string of the molecule is O=C(NCCc1ccc[n+]([O-])c1)c1ccnc2[nH]c(-c3cccs3)nc12. The Labute approximate surface area is 153 Å². The summed E-state index contributed by atoms with van der Waals surface area (Å²) in [6, 6.07) is 9.11. The standard InChI is InChI=1S/C18H15N5O2S/c24-18(20-7-5-12-3-1-9-23(25)11-12)13-6-8-19-17-15(13)21-16(22-17)14-4-2-10-26-14/h1-4,6,8-11H,5,7H2,(H,20,24)(H,19,21,22). The minimum Gasteiger partial charge on any atom is -0.619 e. The summed E-state index contributed by atoms with van der Waals surface area (Å²) in [6.07, 6.45) is 5.09. The van der Waals surface area contributed by atoms with E-state index in [-0.39, 0.29) is 5.91 Å². The Bertz CT molecular complexity index is 1060. The molecule has 4 aromatic rings. The molecule has 0 spiro atoms. The molecular weight excluding hydrogens is 350 g/mol. The molecule has 4 rings (SSSR count). The van der Waals surface area contributed by atoms with E-state index in [0.29, 0.717) is 35.5 Å². The van der Waals surface area contributed by atoms with Gasteiger partial charge in [-0.1, -0.05) is 6.07 Å². The van der Waals surface area contributed by atoms with Crippen LogP contribution in [-0.2, 0) is 6.42 Å². The first-order valence-corrected chi connectivity index (χ1v) is 8.93. The summed E-state index contributed by atoms with van der Waals surface area (Å²) in [5.74, 6) is 0.486. The quantitative estimate of drug-likeness (QED) is 0.419. The van der Waals surface area contributed by atoms with Crippen molar-refractivity contribution in [2.45, 2.75) is 6.42 Å². The highest BCUT2D eigenvalue weighted by Gasteiger charge is 2.15. The topological polar surface area (TPSA) is 97.6 Å². The molecule has 8 heteroatoms. The van der Waals surface area contributed by atoms with Gasteiger partial charge in [-0.15, -0.1) is 11.3 Å². The molecule has 4 heterocycles. The Morgan fingerprint density at radius 2 is 2.23 bits per heavy atom. The predicted molar refractivity (Wildman–Crippen MR) is 98.6 cm³/mol. The van der Waals surface area contributed by atoms with E-state index in [9.17, 15) is 10.0 Å². The highest BCUT2D eigenvalue weighted by Crippen LogP contribution is 2.25. The minimum atomic E-state index is -0.215. The lowest BCUT2D eigenvalue weighted by atomic mass is 10.2. The molecule has 0 radical (unpaired) electrons. The zero-order valence-corrected chi connectivity index (χ0v) is 14.5. The number of imidazole rings is 1. The summed E-state index contributed by atoms with van der Waals surface area (Å²) in [6.45, 7) is 0.425. The van der Waals surface area contributed by atoms with Crippen molar-refractivity contribution < 1.29 is 9.52 Å². The highest BCUT2D eigenvalue weighted by molar-refractivity contribution is 7.13. The molecule has 1 amide bonds. The molecule has 0 aliphatic rings. The van der Waals surface area contributed by atoms with Crippen molar-refractivity contribution in [1.82, 2.24) is 20.3 Å². The van der Waals surface area contributed by atoms with E-state index < -0.39 is 0 Å². The molecule has 0 saturated heterocycles. The number of hydrogen-bond donors (Lipinski definition) is 2. The van der Waals surface area contributed by atoms with Gasteiger partial charge >= 0.3 is 0 Å². The number of hydrogen-bond acceptors (Lipinski definition) is 5. The Morgan fingerprint density at radius 1 is 1.31 bits per heavy atom. The van der Waals surface area contributed by atoms with Crippen molar-refractivity contribution in [3.8, 4) is 10.7 Å². The van der Waals surface area contributed by atoms with E-state index in [1.807, 2.05) is 23.6 Å². The first kappa shape index (κ1) is 16.2. The highest BCUT2D eigenvalue weighted by atomic mass is 32.1. The molecule has 0 aliphatic heterocycles. The van der Waals surface area contributed by atoms with E-state index in [1.54, 1.807) is 29.7 Å². The maximum Gasteiger partial charge on any atom is 0.253 e. The van der Waals surface area contributed by atoms with E-state index in [0.717, 1.165) is 15.2 Å². The molecule has 130 valence electrons. The fraction of sp³-hybridized carbons (Fsp3) is 0.111. The predicted octanol–water partition coefficient (Wildman–Crippen LogP) is 2.29. The van der Waals surface area contributed by atoms with Crippen LogP contribution < -0.4 is 10.0 Å². The zero-order chi connectivity index (χ0) is 17.9. The summed E-state index contributed by atoms with van der Waals surface area (Å²) in [4.78, 5) is 25.5. The number of pyridine rings is 2. The Morgan fingerprint density at radius 3 is 3.04 bits per heavy atom. The molecule has 4 aromatic heterocycles. The third kappa shape index (κ3) is 3.27. The third-order valence-electron chi connectivity index (χ3n) is 3.92. The smallest absolute Gasteiger partial charge is 0.253 e. The van der Waals surface area contributed by atoms with Gasteiger partial charge in [0.25, 0.3) is 5.91 Å². The molecule has 0 unspecified atom stereocenters. The number of aromatic amines is 1. The van der Waals surface area contributed by atoms with Crippen molar-refractivity contribution in [3.63, 3.8) is 0 Å². The summed E-state index contributed by atoms with van der Waals surface area (Å²) < 4.78 is 0.749. The van der Waals surface area contributed by atoms with Gasteiger partial charge in [0.05, 0.1) is 10.4 Å². The van der Waals surface area contributed by atoms with Crippen LogP contribution in [0.15, 0.2) is 54.3 Å². The fourth-order valence-corrected chi connectivity index (χ4v) is 3.36. The van der Waals surface area contributed by atoms with E-state index in [2.05, 4.69) is 20.3 Å². The molecule has 0 aliphatic carbocycles. The van der Waals surface area contributed by atoms with Crippen LogP contribution in [0, 0.1) is 5.21 Å². The van der Waals surface area contributed by atoms with Crippen LogP contribution in [0.1, 0.15) is 15.9 Å². The van der Waals surface area contributed by atoms with Gasteiger partial charge in [0.15, 0.2) is 18.0 Å². The number of amides is 1. The fourth-order valence-electron chi connectivity index (χ4n) is 2.69. The van der Waals surface area contributed by atoms with Gasteiger partial charge in [-0.3, -0.25) is 4.79 Å². The summed E-state index contributed by atoms with van der Waals surface area (Å²) >= 11 is 1.57. The van der Waals surface area contributed by atoms with Crippen molar-refractivity contribution in [2.75, 3.05) is 6.54 Å². The molecule has 0 fully saturated rings. The van der Waals surface area contributed by atoms with E-state index >= 15 is 0 Å². The van der Waals surface area contributed by atoms with Gasteiger partial charge in [-0.05, 0) is 30.0 Å². The zero-order valence-electron chi connectivity index (χ0n) is 13.7. The normalized spacial score (nSPS) is 10.9. The summed E-state index contributed by atoms with van der Waals surface area (Å²) in [5.41, 5.74) is 2.46. The Balaban J connectivity index is 1.51. The lowest BCUT2D eigenvalue weighted by molar-refractivity contribution is -0.605. The lowest BCUT2D eigenvalue weighted by Crippen LogP contribution is -2.28. The third-order valence-corrected chi connectivity index (χ3v) is 4.80. The first-order valence-electron chi connectivity index (χ1n) is 8.05. The second-order valence-electron chi connectivity index (χ2n) is 5.70. The van der Waals surface area contributed by atoms with Crippen molar-refractivity contribution >= 4 is 28.4 Å². The van der Waals surface area contributed by atoms with E-state index in [4.69, 9.17) is 0 Å². The van der Waals surface area contributed by atoms with Gasteiger partial charge in [-0.25, -0.2) is 9.97 Å². The van der Waals surface area contributed by atoms with Crippen LogP contribution in [0.3, 0.4) is 0 Å². The largest absolute Gasteiger partial charge is 0.619 e. The van der Waals surface area contributed by atoms with Gasteiger partial charge in [0, 0.05) is 24.4 Å². The molecule has 2 N–H and O–H groups in total. The first-order chi connectivity index (χ1) is 12.7. The summed E-state index contributed by atoms with van der Waals surface area (Å²) in [7, 11) is 0. The number of nitrogens with zero attached hydrogens (tertiary/aromatic N) is 3. The lowest BCUT2D eigenvalue weighted by Gasteiger charge is -2.05. The molecule has 0 atom stereocenters. The number of nitrogens with one attached hydrogen (secondary N) is 2. The Hall–Kier alpha value is -3.26. The number of thiophene rings is 1. The molecular formula is C18H15N5O2S. The number of carbonyl (C=O) groups excluding carboxylic acids is 1. The van der Waals surface area contributed by atoms with Crippen molar-refractivity contribution in [1.29, 1.82) is 0 Å². The van der Waals surface area contributed by atoms with Crippen LogP contribution in [0.5, 0.6) is 0 Å². The number of fused-ring (bicyclic) bond motifs is 1. The monoisotopic (exact) mass is 365 g/mol. The van der Waals surface area contributed by atoms with Crippen molar-refractivity contribution in [3.05, 3.63) is 70.6 Å². The summed E-state index contributed by atoms with van der Waals surface area (Å²) in [5, 5.41) is 16.1. The number of H-pyrrole nitrogens is 1. The van der Waals surface area contributed by atoms with Crippen molar-refractivity contribution in [2.24, 2.45) is 0 Å². The molecule has 0 saturated carbocycles.